The summed E-state index contributed by atoms with van der Waals surface area (Å²) >= 11 is 0. The third kappa shape index (κ3) is 18.8. The molecule has 0 radical (unpaired) electrons. The number of carbonyl (C=O) groups excluding carboxylic acids is 1. The summed E-state index contributed by atoms with van der Waals surface area (Å²) in [5, 5.41) is 119. The molecule has 0 aliphatic carbocycles. The lowest BCUT2D eigenvalue weighted by Crippen LogP contribution is -2.66. The number of aliphatic hydroxyl groups excluding tert-OH is 11. The molecule has 0 saturated carbocycles. The van der Waals surface area contributed by atoms with Gasteiger partial charge in [-0.1, -0.05) is 108 Å². The summed E-state index contributed by atoms with van der Waals surface area (Å²) in [6.45, 7) is 1.48. The highest BCUT2D eigenvalue weighted by atomic mass is 16.8. The van der Waals surface area contributed by atoms with E-state index in [1.807, 2.05) is 0 Å². The van der Waals surface area contributed by atoms with E-state index in [2.05, 4.69) is 43.5 Å². The molecule has 19 heteroatoms. The lowest BCUT2D eigenvalue weighted by Gasteiger charge is -2.48. The van der Waals surface area contributed by atoms with Crippen LogP contribution in [0.1, 0.15) is 117 Å². The van der Waals surface area contributed by atoms with Crippen molar-refractivity contribution in [3.8, 4) is 0 Å². The second-order valence-electron chi connectivity index (χ2n) is 17.2. The molecule has 3 saturated heterocycles. The number of aliphatic hydroxyl groups is 11. The molecule has 65 heavy (non-hydrogen) atoms. The molecule has 1 amide bonds. The van der Waals surface area contributed by atoms with E-state index in [-0.39, 0.29) is 18.9 Å². The van der Waals surface area contributed by atoms with Crippen LogP contribution in [0, 0.1) is 0 Å². The highest BCUT2D eigenvalue weighted by Crippen LogP contribution is 2.33. The minimum absolute atomic E-state index is 0.232. The Balaban J connectivity index is 1.61. The van der Waals surface area contributed by atoms with Crippen LogP contribution in [0.2, 0.25) is 0 Å². The molecule has 19 nitrogen and oxygen atoms in total. The van der Waals surface area contributed by atoms with E-state index in [1.54, 1.807) is 12.2 Å². The maximum absolute atomic E-state index is 13.1. The zero-order valence-corrected chi connectivity index (χ0v) is 38.2. The normalized spacial score (nSPS) is 34.4. The van der Waals surface area contributed by atoms with Crippen molar-refractivity contribution >= 4 is 5.91 Å². The van der Waals surface area contributed by atoms with Gasteiger partial charge in [0.1, 0.15) is 73.2 Å². The average molecular weight is 936 g/mol. The van der Waals surface area contributed by atoms with Gasteiger partial charge in [0.05, 0.1) is 38.6 Å². The molecule has 0 spiro atoms. The van der Waals surface area contributed by atoms with E-state index in [1.165, 1.54) is 38.5 Å². The maximum Gasteiger partial charge on any atom is 0.220 e. The Morgan fingerprint density at radius 3 is 1.52 bits per heavy atom. The number of carbonyl (C=O) groups is 1. The number of rotatable bonds is 31. The van der Waals surface area contributed by atoms with Gasteiger partial charge in [-0.3, -0.25) is 4.79 Å². The first kappa shape index (κ1) is 57.3. The van der Waals surface area contributed by atoms with Gasteiger partial charge < -0.3 is 89.9 Å². The molecule has 3 heterocycles. The van der Waals surface area contributed by atoms with Crippen LogP contribution in [-0.4, -0.2) is 193 Å². The minimum atomic E-state index is -1.98. The van der Waals surface area contributed by atoms with Gasteiger partial charge in [-0.25, -0.2) is 0 Å². The number of hydrogen-bond donors (Lipinski definition) is 12. The molecule has 17 atom stereocenters. The fourth-order valence-electron chi connectivity index (χ4n) is 7.93. The quantitative estimate of drug-likeness (QED) is 0.0328. The van der Waals surface area contributed by atoms with Gasteiger partial charge in [0.15, 0.2) is 18.9 Å². The van der Waals surface area contributed by atoms with Gasteiger partial charge in [-0.2, -0.15) is 0 Å². The van der Waals surface area contributed by atoms with Crippen LogP contribution in [0.5, 0.6) is 0 Å². The Morgan fingerprint density at radius 1 is 0.554 bits per heavy atom. The lowest BCUT2D eigenvalue weighted by atomic mass is 9.96. The first-order valence-corrected chi connectivity index (χ1v) is 23.7. The summed E-state index contributed by atoms with van der Waals surface area (Å²) in [6, 6.07) is -0.988. The summed E-state index contributed by atoms with van der Waals surface area (Å²) in [4.78, 5) is 13.1. The van der Waals surface area contributed by atoms with Crippen molar-refractivity contribution in [3.05, 3.63) is 36.5 Å². The van der Waals surface area contributed by atoms with Gasteiger partial charge in [0.2, 0.25) is 5.91 Å². The largest absolute Gasteiger partial charge is 0.394 e. The number of nitrogens with one attached hydrogen (secondary N) is 1. The fourth-order valence-corrected chi connectivity index (χ4v) is 7.93. The summed E-state index contributed by atoms with van der Waals surface area (Å²) in [6.07, 6.45) is 0.480. The van der Waals surface area contributed by atoms with Crippen molar-refractivity contribution in [2.45, 2.75) is 221 Å². The molecule has 17 unspecified atom stereocenters. The smallest absolute Gasteiger partial charge is 0.220 e. The Kier molecular flexibility index (Phi) is 28.2. The molecule has 0 aromatic rings. The molecule has 12 N–H and O–H groups in total. The molecule has 3 fully saturated rings. The number of unbranched alkanes of at least 4 members (excludes halogenated alkanes) is 11. The predicted octanol–water partition coefficient (Wildman–Crippen LogP) is 0.247. The average Bonchev–Trinajstić information content (AvgIpc) is 3.30. The Morgan fingerprint density at radius 2 is 1.00 bits per heavy atom. The van der Waals surface area contributed by atoms with Crippen LogP contribution in [-0.2, 0) is 33.2 Å². The minimum Gasteiger partial charge on any atom is -0.394 e. The molecule has 378 valence electrons. The summed E-state index contributed by atoms with van der Waals surface area (Å²) in [5.41, 5.74) is 0. The van der Waals surface area contributed by atoms with Gasteiger partial charge in [0.25, 0.3) is 0 Å². The van der Waals surface area contributed by atoms with Crippen molar-refractivity contribution in [3.63, 3.8) is 0 Å². The second kappa shape index (κ2) is 31.9. The first-order chi connectivity index (χ1) is 31.3. The first-order valence-electron chi connectivity index (χ1n) is 23.7. The zero-order chi connectivity index (χ0) is 47.7. The third-order valence-corrected chi connectivity index (χ3v) is 11.9. The van der Waals surface area contributed by atoms with Crippen molar-refractivity contribution < 1.29 is 89.4 Å². The monoisotopic (exact) mass is 936 g/mol. The maximum atomic E-state index is 13.1. The lowest BCUT2D eigenvalue weighted by molar-refractivity contribution is -0.379. The summed E-state index contributed by atoms with van der Waals surface area (Å²) < 4.78 is 34.0. The molecular formula is C46H81NO18. The van der Waals surface area contributed by atoms with E-state index in [9.17, 15) is 61.0 Å². The Labute approximate surface area is 383 Å². The van der Waals surface area contributed by atoms with Crippen molar-refractivity contribution in [2.75, 3.05) is 26.4 Å². The van der Waals surface area contributed by atoms with Gasteiger partial charge in [0, 0.05) is 6.42 Å². The van der Waals surface area contributed by atoms with Gasteiger partial charge in [-0.15, -0.1) is 0 Å². The Hall–Kier alpha value is -1.99. The SMILES string of the molecule is CC/C=C/CC/C=C/CC/C=C/C(O)C(COC1OC(CO)C(OC2OC(CO)C(OC3OC(CO)C(O)C(O)C3O)C(O)C2O)C(O)C1O)NC(=O)CCCCCCCCCCCC. The fraction of sp³-hybridized carbons (Fsp3) is 0.848. The van der Waals surface area contributed by atoms with Crippen LogP contribution in [0.3, 0.4) is 0 Å². The molecule has 0 bridgehead atoms. The molecule has 3 aliphatic heterocycles. The predicted molar refractivity (Wildman–Crippen MR) is 236 cm³/mol. The summed E-state index contributed by atoms with van der Waals surface area (Å²) in [7, 11) is 0. The van der Waals surface area contributed by atoms with Crippen LogP contribution in [0.4, 0.5) is 0 Å². The topological polar surface area (TPSA) is 307 Å². The van der Waals surface area contributed by atoms with Gasteiger partial charge >= 0.3 is 0 Å². The number of amides is 1. The summed E-state index contributed by atoms with van der Waals surface area (Å²) in [5.74, 6) is -0.298. The van der Waals surface area contributed by atoms with Crippen LogP contribution < -0.4 is 5.32 Å². The standard InChI is InChI=1S/C46H81NO18/c1-3-5-7-9-11-13-15-17-19-21-23-30(51)29(47-34(52)24-22-20-18-16-14-12-10-8-6-4-2)28-60-44-40(58)37(55)42(32(26-49)62-44)65-46-41(59)38(56)43(33(27-50)63-46)64-45-39(57)36(54)35(53)31(25-48)61-45/h5,7,13,15,21,23,29-33,35-46,48-51,53-59H,3-4,6,8-12,14,16-20,22,24-28H2,1-2H3,(H,47,52)/b7-5+,15-13+,23-21+. The number of ether oxygens (including phenoxy) is 6. The van der Waals surface area contributed by atoms with Gasteiger partial charge in [-0.05, 0) is 38.5 Å². The zero-order valence-electron chi connectivity index (χ0n) is 38.2. The molecule has 0 aromatic carbocycles. The van der Waals surface area contributed by atoms with Crippen LogP contribution in [0.15, 0.2) is 36.5 Å². The van der Waals surface area contributed by atoms with Crippen LogP contribution >= 0.6 is 0 Å². The van der Waals surface area contributed by atoms with Crippen LogP contribution in [0.25, 0.3) is 0 Å². The van der Waals surface area contributed by atoms with Crippen molar-refractivity contribution in [1.29, 1.82) is 0 Å². The third-order valence-electron chi connectivity index (χ3n) is 11.9. The highest BCUT2D eigenvalue weighted by Gasteiger charge is 2.53. The molecule has 3 aliphatic rings. The van der Waals surface area contributed by atoms with Crippen molar-refractivity contribution in [2.24, 2.45) is 0 Å². The highest BCUT2D eigenvalue weighted by molar-refractivity contribution is 5.76. The van der Waals surface area contributed by atoms with E-state index in [4.69, 9.17) is 28.4 Å². The molecule has 0 aromatic heterocycles. The number of allylic oxidation sites excluding steroid dienone is 5. The molecular weight excluding hydrogens is 854 g/mol. The molecule has 3 rings (SSSR count). The van der Waals surface area contributed by atoms with E-state index >= 15 is 0 Å². The second-order valence-corrected chi connectivity index (χ2v) is 17.2. The number of hydrogen-bond acceptors (Lipinski definition) is 18. The van der Waals surface area contributed by atoms with E-state index < -0.39 is 124 Å². The van der Waals surface area contributed by atoms with E-state index in [0.717, 1.165) is 44.9 Å². The van der Waals surface area contributed by atoms with Crippen molar-refractivity contribution in [1.82, 2.24) is 5.32 Å². The van der Waals surface area contributed by atoms with E-state index in [0.29, 0.717) is 12.8 Å². The Bertz CT molecular complexity index is 1350.